The van der Waals surface area contributed by atoms with Gasteiger partial charge in [0.05, 0.1) is 12.8 Å². The highest BCUT2D eigenvalue weighted by Gasteiger charge is 2.09. The van der Waals surface area contributed by atoms with Gasteiger partial charge in [0, 0.05) is 12.6 Å². The lowest BCUT2D eigenvalue weighted by molar-refractivity contribution is -0.105. The van der Waals surface area contributed by atoms with Crippen LogP contribution in [0.4, 0.5) is 5.69 Å². The summed E-state index contributed by atoms with van der Waals surface area (Å²) in [6.45, 7) is 0. The van der Waals surface area contributed by atoms with Crippen LogP contribution >= 0.6 is 0 Å². The largest absolute Gasteiger partial charge is 0.495 e. The van der Waals surface area contributed by atoms with Gasteiger partial charge in [0.2, 0.25) is 6.41 Å². The number of aromatic nitrogens is 4. The number of tetrazole rings is 1. The monoisotopic (exact) mass is 233 g/mol. The summed E-state index contributed by atoms with van der Waals surface area (Å²) in [5.41, 5.74) is 1.41. The molecule has 2 rings (SSSR count). The van der Waals surface area contributed by atoms with Gasteiger partial charge in [0.1, 0.15) is 5.75 Å². The Labute approximate surface area is 97.4 Å². The first-order valence-corrected chi connectivity index (χ1v) is 4.87. The van der Waals surface area contributed by atoms with Gasteiger partial charge >= 0.3 is 0 Å². The predicted octanol–water partition coefficient (Wildman–Crippen LogP) is 0.454. The van der Waals surface area contributed by atoms with Crippen LogP contribution in [-0.4, -0.2) is 33.7 Å². The van der Waals surface area contributed by atoms with E-state index in [-0.39, 0.29) is 0 Å². The Balaban J connectivity index is 2.44. The van der Waals surface area contributed by atoms with Crippen molar-refractivity contribution in [3.63, 3.8) is 0 Å². The van der Waals surface area contributed by atoms with Crippen LogP contribution in [0.25, 0.3) is 11.4 Å². The number of nitrogens with one attached hydrogen (secondary N) is 1. The minimum Gasteiger partial charge on any atom is -0.495 e. The van der Waals surface area contributed by atoms with Crippen molar-refractivity contribution in [2.24, 2.45) is 7.05 Å². The number of anilines is 1. The summed E-state index contributed by atoms with van der Waals surface area (Å²) >= 11 is 0. The Morgan fingerprint density at radius 1 is 1.47 bits per heavy atom. The summed E-state index contributed by atoms with van der Waals surface area (Å²) in [5.74, 6) is 1.18. The fourth-order valence-electron chi connectivity index (χ4n) is 1.49. The van der Waals surface area contributed by atoms with Crippen molar-refractivity contribution in [2.75, 3.05) is 12.4 Å². The van der Waals surface area contributed by atoms with Crippen LogP contribution in [0.2, 0.25) is 0 Å². The molecule has 7 nitrogen and oxygen atoms in total. The molecule has 0 unspecified atom stereocenters. The van der Waals surface area contributed by atoms with E-state index in [1.165, 1.54) is 7.11 Å². The van der Waals surface area contributed by atoms with E-state index in [2.05, 4.69) is 20.8 Å². The van der Waals surface area contributed by atoms with Crippen LogP contribution in [0, 0.1) is 0 Å². The molecule has 0 aliphatic heterocycles. The molecule has 0 saturated heterocycles. The molecular weight excluding hydrogens is 222 g/mol. The lowest BCUT2D eigenvalue weighted by Crippen LogP contribution is -1.99. The molecule has 0 bridgehead atoms. The van der Waals surface area contributed by atoms with Gasteiger partial charge in [0.15, 0.2) is 5.82 Å². The summed E-state index contributed by atoms with van der Waals surface area (Å²) in [7, 11) is 3.28. The fourth-order valence-corrected chi connectivity index (χ4v) is 1.49. The summed E-state index contributed by atoms with van der Waals surface area (Å²) < 4.78 is 6.73. The van der Waals surface area contributed by atoms with Gasteiger partial charge in [-0.25, -0.2) is 4.68 Å². The second-order valence-corrected chi connectivity index (χ2v) is 3.30. The lowest BCUT2D eigenvalue weighted by atomic mass is 10.2. The Hall–Kier alpha value is -2.44. The average Bonchev–Trinajstić information content (AvgIpc) is 2.76. The first-order chi connectivity index (χ1) is 8.26. The smallest absolute Gasteiger partial charge is 0.211 e. The van der Waals surface area contributed by atoms with Crippen molar-refractivity contribution in [1.29, 1.82) is 0 Å². The molecule has 0 fully saturated rings. The van der Waals surface area contributed by atoms with E-state index in [9.17, 15) is 4.79 Å². The maximum absolute atomic E-state index is 10.4. The van der Waals surface area contributed by atoms with Crippen molar-refractivity contribution >= 4 is 12.1 Å². The number of aryl methyl sites for hydroxylation is 1. The highest BCUT2D eigenvalue weighted by atomic mass is 16.5. The van der Waals surface area contributed by atoms with E-state index >= 15 is 0 Å². The first-order valence-electron chi connectivity index (χ1n) is 4.87. The van der Waals surface area contributed by atoms with Gasteiger partial charge < -0.3 is 10.1 Å². The number of rotatable bonds is 4. The molecule has 0 atom stereocenters. The highest BCUT2D eigenvalue weighted by molar-refractivity contribution is 5.77. The van der Waals surface area contributed by atoms with Crippen LogP contribution in [0.5, 0.6) is 5.75 Å². The fraction of sp³-hybridized carbons (Fsp3) is 0.200. The molecule has 17 heavy (non-hydrogen) atoms. The van der Waals surface area contributed by atoms with Crippen molar-refractivity contribution in [3.05, 3.63) is 18.2 Å². The predicted molar refractivity (Wildman–Crippen MR) is 60.5 cm³/mol. The summed E-state index contributed by atoms with van der Waals surface area (Å²) in [5, 5.41) is 13.8. The Bertz CT molecular complexity index is 537. The van der Waals surface area contributed by atoms with Crippen LogP contribution in [0.15, 0.2) is 18.2 Å². The lowest BCUT2D eigenvalue weighted by Gasteiger charge is -2.08. The van der Waals surface area contributed by atoms with E-state index in [0.29, 0.717) is 23.7 Å². The highest BCUT2D eigenvalue weighted by Crippen LogP contribution is 2.28. The summed E-state index contributed by atoms with van der Waals surface area (Å²) in [4.78, 5) is 10.4. The van der Waals surface area contributed by atoms with E-state index in [4.69, 9.17) is 4.74 Å². The maximum Gasteiger partial charge on any atom is 0.211 e. The molecule has 0 radical (unpaired) electrons. The standard InChI is InChI=1S/C10H11N5O2/c1-15-10(12-13-14-15)7-3-4-8(11-6-16)9(5-7)17-2/h3-6H,1-2H3,(H,11,16). The van der Waals surface area contributed by atoms with Crippen molar-refractivity contribution < 1.29 is 9.53 Å². The van der Waals surface area contributed by atoms with Gasteiger partial charge in [-0.15, -0.1) is 5.10 Å². The van der Waals surface area contributed by atoms with E-state index < -0.39 is 0 Å². The number of amides is 1. The van der Waals surface area contributed by atoms with Crippen LogP contribution < -0.4 is 10.1 Å². The molecule has 2 aromatic rings. The molecule has 0 spiro atoms. The third-order valence-electron chi connectivity index (χ3n) is 2.29. The zero-order chi connectivity index (χ0) is 12.3. The number of nitrogens with zero attached hydrogens (tertiary/aromatic N) is 4. The van der Waals surface area contributed by atoms with Gasteiger partial charge in [0.25, 0.3) is 0 Å². The molecular formula is C10H11N5O2. The van der Waals surface area contributed by atoms with Gasteiger partial charge in [-0.3, -0.25) is 4.79 Å². The number of carbonyl (C=O) groups excluding carboxylic acids is 1. The minimum absolute atomic E-state index is 0.553. The van der Waals surface area contributed by atoms with Crippen molar-refractivity contribution in [3.8, 4) is 17.1 Å². The molecule has 1 N–H and O–H groups in total. The normalized spacial score (nSPS) is 10.0. The number of methoxy groups -OCH3 is 1. The molecule has 1 aromatic carbocycles. The third-order valence-corrected chi connectivity index (χ3v) is 2.29. The van der Waals surface area contributed by atoms with Crippen LogP contribution in [-0.2, 0) is 11.8 Å². The quantitative estimate of drug-likeness (QED) is 0.775. The SMILES string of the molecule is COc1cc(-c2nnnn2C)ccc1NC=O. The van der Waals surface area contributed by atoms with Gasteiger partial charge in [-0.2, -0.15) is 0 Å². The van der Waals surface area contributed by atoms with Crippen molar-refractivity contribution in [2.45, 2.75) is 0 Å². The maximum atomic E-state index is 10.4. The van der Waals surface area contributed by atoms with E-state index in [1.807, 2.05) is 0 Å². The molecule has 1 heterocycles. The minimum atomic E-state index is 0.553. The average molecular weight is 233 g/mol. The number of carbonyl (C=O) groups is 1. The van der Waals surface area contributed by atoms with E-state index in [0.717, 1.165) is 5.56 Å². The second-order valence-electron chi connectivity index (χ2n) is 3.30. The Morgan fingerprint density at radius 2 is 2.29 bits per heavy atom. The molecule has 0 aliphatic rings. The molecule has 0 saturated carbocycles. The zero-order valence-electron chi connectivity index (χ0n) is 9.41. The Morgan fingerprint density at radius 3 is 2.88 bits per heavy atom. The number of hydrogen-bond donors (Lipinski definition) is 1. The number of hydrogen-bond acceptors (Lipinski definition) is 5. The first kappa shape index (κ1) is 11.1. The second kappa shape index (κ2) is 4.60. The summed E-state index contributed by atoms with van der Waals surface area (Å²) in [6, 6.07) is 5.30. The van der Waals surface area contributed by atoms with Crippen molar-refractivity contribution in [1.82, 2.24) is 20.2 Å². The van der Waals surface area contributed by atoms with Gasteiger partial charge in [-0.1, -0.05) is 0 Å². The molecule has 0 aliphatic carbocycles. The molecule has 1 aromatic heterocycles. The Kier molecular flexibility index (Phi) is 2.99. The van der Waals surface area contributed by atoms with Crippen LogP contribution in [0.3, 0.4) is 0 Å². The van der Waals surface area contributed by atoms with Gasteiger partial charge in [-0.05, 0) is 28.6 Å². The zero-order valence-corrected chi connectivity index (χ0v) is 9.41. The van der Waals surface area contributed by atoms with E-state index in [1.54, 1.807) is 29.9 Å². The van der Waals surface area contributed by atoms with Crippen LogP contribution in [0.1, 0.15) is 0 Å². The number of benzene rings is 1. The number of ether oxygens (including phenoxy) is 1. The summed E-state index contributed by atoms with van der Waals surface area (Å²) in [6.07, 6.45) is 0.599. The topological polar surface area (TPSA) is 81.9 Å². The molecule has 88 valence electrons. The molecule has 1 amide bonds. The molecule has 7 heteroatoms. The third kappa shape index (κ3) is 2.07.